The maximum Gasteiger partial charge on any atom is 0.416 e. The van der Waals surface area contributed by atoms with Crippen molar-refractivity contribution in [3.63, 3.8) is 0 Å². The summed E-state index contributed by atoms with van der Waals surface area (Å²) in [5.74, 6) is 1.14. The molecule has 0 aromatic heterocycles. The number of aliphatic hydroxyl groups excluding tert-OH is 1. The van der Waals surface area contributed by atoms with Crippen LogP contribution in [-0.4, -0.2) is 56.2 Å². The van der Waals surface area contributed by atoms with Gasteiger partial charge in [0.15, 0.2) is 0 Å². The summed E-state index contributed by atoms with van der Waals surface area (Å²) >= 11 is 0. The minimum absolute atomic E-state index is 0.0824. The molecule has 7 nitrogen and oxygen atoms in total. The van der Waals surface area contributed by atoms with Gasteiger partial charge in [-0.25, -0.2) is 4.79 Å². The van der Waals surface area contributed by atoms with Gasteiger partial charge in [0.05, 0.1) is 30.4 Å². The molecular formula is C35H36F6N2O5. The molecule has 0 radical (unpaired) electrons. The number of halogens is 6. The second kappa shape index (κ2) is 16.5. The summed E-state index contributed by atoms with van der Waals surface area (Å²) in [5.41, 5.74) is 1.23. The fourth-order valence-electron chi connectivity index (χ4n) is 4.36. The SMILES string of the molecule is CN(C)Cc1cc(CO)ccc1Oc1ccc(C(F)(F)F)cc1.COC(=O)c1ccc(Oc2ccc(C(F)(F)F)cc2)c(CN(C)C)c1. The van der Waals surface area contributed by atoms with E-state index < -0.39 is 29.4 Å². The first-order chi connectivity index (χ1) is 22.5. The van der Waals surface area contributed by atoms with E-state index >= 15 is 0 Å². The quantitative estimate of drug-likeness (QED) is 0.133. The Morgan fingerprint density at radius 3 is 1.44 bits per heavy atom. The van der Waals surface area contributed by atoms with Gasteiger partial charge in [0, 0.05) is 24.2 Å². The molecule has 0 bridgehead atoms. The van der Waals surface area contributed by atoms with Crippen molar-refractivity contribution in [1.82, 2.24) is 9.80 Å². The molecule has 0 amide bonds. The van der Waals surface area contributed by atoms with E-state index in [2.05, 4.69) is 0 Å². The summed E-state index contributed by atoms with van der Waals surface area (Å²) in [7, 11) is 8.79. The van der Waals surface area contributed by atoms with Crippen LogP contribution in [0.25, 0.3) is 0 Å². The van der Waals surface area contributed by atoms with Gasteiger partial charge in [-0.3, -0.25) is 0 Å². The number of methoxy groups -OCH3 is 1. The fraction of sp³-hybridized carbons (Fsp3) is 0.286. The van der Waals surface area contributed by atoms with Crippen LogP contribution in [0.15, 0.2) is 84.9 Å². The first-order valence-electron chi connectivity index (χ1n) is 14.4. The third-order valence-corrected chi connectivity index (χ3v) is 6.58. The zero-order chi connectivity index (χ0) is 35.6. The molecular weight excluding hydrogens is 642 g/mol. The number of aliphatic hydroxyl groups is 1. The summed E-state index contributed by atoms with van der Waals surface area (Å²) in [6.45, 7) is 0.992. The van der Waals surface area contributed by atoms with Gasteiger partial charge in [0.1, 0.15) is 23.0 Å². The van der Waals surface area contributed by atoms with Gasteiger partial charge in [0.25, 0.3) is 0 Å². The number of benzene rings is 4. The second-order valence-electron chi connectivity index (χ2n) is 11.1. The van der Waals surface area contributed by atoms with Crippen molar-refractivity contribution < 1.29 is 50.5 Å². The highest BCUT2D eigenvalue weighted by Crippen LogP contribution is 2.34. The highest BCUT2D eigenvalue weighted by atomic mass is 19.4. The maximum atomic E-state index is 12.6. The molecule has 0 spiro atoms. The Morgan fingerprint density at radius 2 is 1.06 bits per heavy atom. The Kier molecular flexibility index (Phi) is 13.0. The van der Waals surface area contributed by atoms with Gasteiger partial charge in [-0.2, -0.15) is 26.3 Å². The van der Waals surface area contributed by atoms with Gasteiger partial charge >= 0.3 is 18.3 Å². The largest absolute Gasteiger partial charge is 0.465 e. The predicted octanol–water partition coefficient (Wildman–Crippen LogP) is 8.40. The number of rotatable bonds is 10. The van der Waals surface area contributed by atoms with Crippen LogP contribution < -0.4 is 9.47 Å². The number of carbonyl (C=O) groups is 1. The molecule has 1 N–H and O–H groups in total. The fourth-order valence-corrected chi connectivity index (χ4v) is 4.36. The number of esters is 1. The van der Waals surface area contributed by atoms with Crippen LogP contribution in [0.2, 0.25) is 0 Å². The molecule has 0 aliphatic heterocycles. The topological polar surface area (TPSA) is 71.5 Å². The summed E-state index contributed by atoms with van der Waals surface area (Å²) in [6.07, 6.45) is -8.76. The predicted molar refractivity (Wildman–Crippen MR) is 168 cm³/mol. The summed E-state index contributed by atoms with van der Waals surface area (Å²) in [4.78, 5) is 15.5. The minimum atomic E-state index is -4.39. The number of carbonyl (C=O) groups excluding carboxylic acids is 1. The molecule has 258 valence electrons. The summed E-state index contributed by atoms with van der Waals surface area (Å²) in [6, 6.07) is 19.1. The number of hydrogen-bond donors (Lipinski definition) is 1. The van der Waals surface area contributed by atoms with E-state index in [4.69, 9.17) is 14.2 Å². The van der Waals surface area contributed by atoms with E-state index in [0.29, 0.717) is 41.5 Å². The standard InChI is InChI=1S/C18H18F3NO3.C17H18F3NO2/c1-22(2)11-13-10-12(17(23)24-3)4-9-16(13)25-15-7-5-14(6-8-15)18(19,20)21;1-21(2)10-13-9-12(11-22)3-8-16(13)23-15-6-4-14(5-7-15)17(18,19)20/h4-10H,11H2,1-3H3;3-9,22H,10-11H2,1-2H3. The zero-order valence-electron chi connectivity index (χ0n) is 26.9. The molecule has 0 saturated heterocycles. The van der Waals surface area contributed by atoms with Crippen molar-refractivity contribution in [2.45, 2.75) is 32.0 Å². The lowest BCUT2D eigenvalue weighted by molar-refractivity contribution is -0.138. The molecule has 48 heavy (non-hydrogen) atoms. The average Bonchev–Trinajstić information content (AvgIpc) is 3.02. The van der Waals surface area contributed by atoms with E-state index in [0.717, 1.165) is 35.4 Å². The van der Waals surface area contributed by atoms with Crippen molar-refractivity contribution in [2.75, 3.05) is 35.3 Å². The van der Waals surface area contributed by atoms with E-state index in [1.54, 1.807) is 30.3 Å². The number of alkyl halides is 6. The van der Waals surface area contributed by atoms with E-state index in [1.165, 1.54) is 31.4 Å². The van der Waals surface area contributed by atoms with Crippen molar-refractivity contribution in [2.24, 2.45) is 0 Å². The van der Waals surface area contributed by atoms with Crippen LogP contribution in [0.5, 0.6) is 23.0 Å². The first kappa shape index (κ1) is 37.9. The Hall–Kier alpha value is -4.59. The molecule has 0 unspecified atom stereocenters. The van der Waals surface area contributed by atoms with Gasteiger partial charge < -0.3 is 29.1 Å². The van der Waals surface area contributed by atoms with Crippen molar-refractivity contribution in [3.05, 3.63) is 118 Å². The van der Waals surface area contributed by atoms with Crippen molar-refractivity contribution in [1.29, 1.82) is 0 Å². The van der Waals surface area contributed by atoms with Crippen LogP contribution >= 0.6 is 0 Å². The average molecular weight is 679 g/mol. The summed E-state index contributed by atoms with van der Waals surface area (Å²) < 4.78 is 91.7. The molecule has 0 atom stereocenters. The van der Waals surface area contributed by atoms with Crippen molar-refractivity contribution >= 4 is 5.97 Å². The lowest BCUT2D eigenvalue weighted by atomic mass is 10.1. The lowest BCUT2D eigenvalue weighted by Crippen LogP contribution is -2.12. The monoisotopic (exact) mass is 678 g/mol. The number of nitrogens with zero attached hydrogens (tertiary/aromatic N) is 2. The zero-order valence-corrected chi connectivity index (χ0v) is 26.9. The molecule has 4 aromatic carbocycles. The van der Waals surface area contributed by atoms with Gasteiger partial charge in [-0.05, 0) is 113 Å². The highest BCUT2D eigenvalue weighted by molar-refractivity contribution is 5.89. The number of ether oxygens (including phenoxy) is 3. The number of hydrogen-bond acceptors (Lipinski definition) is 7. The van der Waals surface area contributed by atoms with Crippen LogP contribution in [0, 0.1) is 0 Å². The molecule has 0 saturated carbocycles. The molecule has 4 aromatic rings. The lowest BCUT2D eigenvalue weighted by Gasteiger charge is -2.16. The Labute approximate surface area is 274 Å². The van der Waals surface area contributed by atoms with Gasteiger partial charge in [0.2, 0.25) is 0 Å². The van der Waals surface area contributed by atoms with Crippen LogP contribution in [0.1, 0.15) is 38.2 Å². The normalized spacial score (nSPS) is 11.6. The van der Waals surface area contributed by atoms with Crippen LogP contribution in [0.3, 0.4) is 0 Å². The molecule has 0 aliphatic carbocycles. The molecule has 0 heterocycles. The Balaban J connectivity index is 0.000000261. The van der Waals surface area contributed by atoms with Gasteiger partial charge in [-0.1, -0.05) is 6.07 Å². The molecule has 4 rings (SSSR count). The van der Waals surface area contributed by atoms with Crippen LogP contribution in [0.4, 0.5) is 26.3 Å². The smallest absolute Gasteiger partial charge is 0.416 e. The van der Waals surface area contributed by atoms with Gasteiger partial charge in [-0.15, -0.1) is 0 Å². The second-order valence-corrected chi connectivity index (χ2v) is 11.1. The molecule has 0 aliphatic rings. The van der Waals surface area contributed by atoms with Crippen LogP contribution in [-0.2, 0) is 36.8 Å². The maximum absolute atomic E-state index is 12.6. The Morgan fingerprint density at radius 1 is 0.646 bits per heavy atom. The first-order valence-corrected chi connectivity index (χ1v) is 14.4. The third-order valence-electron chi connectivity index (χ3n) is 6.58. The van der Waals surface area contributed by atoms with Crippen molar-refractivity contribution in [3.8, 4) is 23.0 Å². The molecule has 0 fully saturated rings. The van der Waals surface area contributed by atoms with E-state index in [-0.39, 0.29) is 12.4 Å². The Bertz CT molecular complexity index is 1640. The van der Waals surface area contributed by atoms with E-state index in [9.17, 15) is 36.2 Å². The highest BCUT2D eigenvalue weighted by Gasteiger charge is 2.31. The minimum Gasteiger partial charge on any atom is -0.465 e. The van der Waals surface area contributed by atoms with E-state index in [1.807, 2.05) is 44.1 Å². The summed E-state index contributed by atoms with van der Waals surface area (Å²) in [5, 5.41) is 9.22. The molecule has 13 heteroatoms. The third kappa shape index (κ3) is 11.3.